The largest absolute Gasteiger partial charge is 0.489 e. The van der Waals surface area contributed by atoms with Crippen LogP contribution < -0.4 is 4.74 Å². The van der Waals surface area contributed by atoms with Crippen molar-refractivity contribution < 1.29 is 4.74 Å². The minimum atomic E-state index is 0.511. The zero-order valence-electron chi connectivity index (χ0n) is 11.4. The second-order valence-corrected chi connectivity index (χ2v) is 4.84. The molecule has 3 rings (SSSR count). The molecule has 0 radical (unpaired) electrons. The summed E-state index contributed by atoms with van der Waals surface area (Å²) in [4.78, 5) is 7.94. The first-order chi connectivity index (χ1) is 9.74. The van der Waals surface area contributed by atoms with Gasteiger partial charge in [-0.25, -0.2) is 4.98 Å². The lowest BCUT2D eigenvalue weighted by Crippen LogP contribution is -1.99. The molecule has 0 saturated heterocycles. The maximum atomic E-state index is 5.79. The number of H-pyrrole nitrogens is 1. The highest BCUT2D eigenvalue weighted by Crippen LogP contribution is 2.29. The summed E-state index contributed by atoms with van der Waals surface area (Å²) in [5.41, 5.74) is 3.93. The SMILES string of the molecule is C=C(C)COc1ccccc1-c1nc2ccccc2[nH]1. The fraction of sp³-hybridized carbons (Fsp3) is 0.118. The summed E-state index contributed by atoms with van der Waals surface area (Å²) >= 11 is 0. The first-order valence-electron chi connectivity index (χ1n) is 6.55. The highest BCUT2D eigenvalue weighted by Gasteiger charge is 2.10. The lowest BCUT2D eigenvalue weighted by Gasteiger charge is -2.09. The quantitative estimate of drug-likeness (QED) is 0.718. The van der Waals surface area contributed by atoms with Crippen molar-refractivity contribution in [2.75, 3.05) is 6.61 Å². The highest BCUT2D eigenvalue weighted by molar-refractivity contribution is 5.80. The van der Waals surface area contributed by atoms with Crippen LogP contribution in [0.5, 0.6) is 5.75 Å². The molecule has 0 amide bonds. The summed E-state index contributed by atoms with van der Waals surface area (Å²) in [6, 6.07) is 15.9. The number of ether oxygens (including phenoxy) is 1. The summed E-state index contributed by atoms with van der Waals surface area (Å²) in [5.74, 6) is 1.64. The Kier molecular flexibility index (Phi) is 3.25. The van der Waals surface area contributed by atoms with Gasteiger partial charge in [0.15, 0.2) is 0 Å². The third-order valence-corrected chi connectivity index (χ3v) is 3.01. The van der Waals surface area contributed by atoms with Gasteiger partial charge in [-0.2, -0.15) is 0 Å². The Morgan fingerprint density at radius 2 is 1.90 bits per heavy atom. The zero-order valence-corrected chi connectivity index (χ0v) is 11.4. The Morgan fingerprint density at radius 3 is 2.70 bits per heavy atom. The number of para-hydroxylation sites is 3. The molecular formula is C17H16N2O. The van der Waals surface area contributed by atoms with E-state index >= 15 is 0 Å². The van der Waals surface area contributed by atoms with E-state index in [1.807, 2.05) is 55.5 Å². The molecule has 0 unspecified atom stereocenters. The van der Waals surface area contributed by atoms with Crippen LogP contribution in [0.4, 0.5) is 0 Å². The predicted molar refractivity (Wildman–Crippen MR) is 81.8 cm³/mol. The minimum Gasteiger partial charge on any atom is -0.489 e. The fourth-order valence-corrected chi connectivity index (χ4v) is 2.07. The zero-order chi connectivity index (χ0) is 13.9. The van der Waals surface area contributed by atoms with Crippen molar-refractivity contribution in [1.82, 2.24) is 9.97 Å². The van der Waals surface area contributed by atoms with E-state index in [-0.39, 0.29) is 0 Å². The van der Waals surface area contributed by atoms with E-state index in [4.69, 9.17) is 4.74 Å². The number of hydrogen-bond donors (Lipinski definition) is 1. The van der Waals surface area contributed by atoms with Crippen LogP contribution in [0.25, 0.3) is 22.4 Å². The highest BCUT2D eigenvalue weighted by atomic mass is 16.5. The Balaban J connectivity index is 2.02. The van der Waals surface area contributed by atoms with E-state index in [0.717, 1.165) is 33.7 Å². The van der Waals surface area contributed by atoms with Crippen LogP contribution in [0.15, 0.2) is 60.7 Å². The molecule has 1 N–H and O–H groups in total. The number of nitrogens with zero attached hydrogens (tertiary/aromatic N) is 1. The van der Waals surface area contributed by atoms with Crippen molar-refractivity contribution in [2.45, 2.75) is 6.92 Å². The van der Waals surface area contributed by atoms with Gasteiger partial charge < -0.3 is 9.72 Å². The van der Waals surface area contributed by atoms with Crippen LogP contribution in [0.3, 0.4) is 0 Å². The molecule has 3 nitrogen and oxygen atoms in total. The van der Waals surface area contributed by atoms with Crippen molar-refractivity contribution in [3.63, 3.8) is 0 Å². The molecule has 0 aliphatic heterocycles. The third-order valence-electron chi connectivity index (χ3n) is 3.01. The Labute approximate surface area is 117 Å². The van der Waals surface area contributed by atoms with Gasteiger partial charge >= 0.3 is 0 Å². The minimum absolute atomic E-state index is 0.511. The van der Waals surface area contributed by atoms with Gasteiger partial charge in [-0.05, 0) is 36.8 Å². The molecule has 2 aromatic carbocycles. The number of hydrogen-bond acceptors (Lipinski definition) is 2. The number of fused-ring (bicyclic) bond motifs is 1. The Morgan fingerprint density at radius 1 is 1.15 bits per heavy atom. The fourth-order valence-electron chi connectivity index (χ4n) is 2.07. The molecule has 0 aliphatic rings. The van der Waals surface area contributed by atoms with Gasteiger partial charge in [0.2, 0.25) is 0 Å². The molecule has 3 heteroatoms. The van der Waals surface area contributed by atoms with Crippen molar-refractivity contribution in [1.29, 1.82) is 0 Å². The summed E-state index contributed by atoms with van der Waals surface area (Å²) in [7, 11) is 0. The van der Waals surface area contributed by atoms with Crippen molar-refractivity contribution >= 4 is 11.0 Å². The molecular weight excluding hydrogens is 248 g/mol. The van der Waals surface area contributed by atoms with Gasteiger partial charge in [0, 0.05) is 0 Å². The van der Waals surface area contributed by atoms with Crippen molar-refractivity contribution in [3.8, 4) is 17.1 Å². The summed E-state index contributed by atoms with van der Waals surface area (Å²) < 4.78 is 5.79. The van der Waals surface area contributed by atoms with Crippen LogP contribution in [0.2, 0.25) is 0 Å². The van der Waals surface area contributed by atoms with Crippen LogP contribution in [-0.2, 0) is 0 Å². The van der Waals surface area contributed by atoms with Gasteiger partial charge in [-0.15, -0.1) is 0 Å². The standard InChI is InChI=1S/C17H16N2O/c1-12(2)11-20-16-10-6-3-7-13(16)17-18-14-8-4-5-9-15(14)19-17/h3-10H,1,11H2,2H3,(H,18,19). The smallest absolute Gasteiger partial charge is 0.142 e. The molecule has 1 heterocycles. The summed E-state index contributed by atoms with van der Waals surface area (Å²) in [5, 5.41) is 0. The first-order valence-corrected chi connectivity index (χ1v) is 6.55. The number of imidazole rings is 1. The molecule has 0 aliphatic carbocycles. The van der Waals surface area contributed by atoms with Crippen LogP contribution in [0.1, 0.15) is 6.92 Å². The maximum absolute atomic E-state index is 5.79. The normalized spacial score (nSPS) is 10.7. The van der Waals surface area contributed by atoms with Crippen molar-refractivity contribution in [3.05, 3.63) is 60.7 Å². The molecule has 20 heavy (non-hydrogen) atoms. The maximum Gasteiger partial charge on any atom is 0.142 e. The number of nitrogens with one attached hydrogen (secondary N) is 1. The molecule has 0 atom stereocenters. The Bertz CT molecular complexity index is 725. The van der Waals surface area contributed by atoms with Gasteiger partial charge in [-0.3, -0.25) is 0 Å². The predicted octanol–water partition coefficient (Wildman–Crippen LogP) is 4.18. The molecule has 0 spiro atoms. The number of aromatic amines is 1. The second-order valence-electron chi connectivity index (χ2n) is 4.84. The van der Waals surface area contributed by atoms with Crippen molar-refractivity contribution in [2.24, 2.45) is 0 Å². The van der Waals surface area contributed by atoms with Gasteiger partial charge in [0.05, 0.1) is 16.6 Å². The average Bonchev–Trinajstić information content (AvgIpc) is 2.89. The van der Waals surface area contributed by atoms with E-state index < -0.39 is 0 Å². The molecule has 1 aromatic heterocycles. The molecule has 0 fully saturated rings. The number of rotatable bonds is 4. The summed E-state index contributed by atoms with van der Waals surface area (Å²) in [6.45, 7) is 6.32. The van der Waals surface area contributed by atoms with E-state index in [1.165, 1.54) is 0 Å². The van der Waals surface area contributed by atoms with Crippen LogP contribution in [-0.4, -0.2) is 16.6 Å². The number of benzene rings is 2. The van der Waals surface area contributed by atoms with E-state index in [9.17, 15) is 0 Å². The molecule has 0 bridgehead atoms. The summed E-state index contributed by atoms with van der Waals surface area (Å²) in [6.07, 6.45) is 0. The monoisotopic (exact) mass is 264 g/mol. The lowest BCUT2D eigenvalue weighted by molar-refractivity contribution is 0.354. The third kappa shape index (κ3) is 2.43. The second kappa shape index (κ2) is 5.21. The van der Waals surface area contributed by atoms with E-state index in [0.29, 0.717) is 6.61 Å². The first kappa shape index (κ1) is 12.5. The average molecular weight is 264 g/mol. The van der Waals surface area contributed by atoms with Gasteiger partial charge in [0.25, 0.3) is 0 Å². The topological polar surface area (TPSA) is 37.9 Å². The van der Waals surface area contributed by atoms with Gasteiger partial charge in [-0.1, -0.05) is 30.8 Å². The molecule has 3 aromatic rings. The van der Waals surface area contributed by atoms with Crippen LogP contribution >= 0.6 is 0 Å². The molecule has 0 saturated carbocycles. The van der Waals surface area contributed by atoms with Crippen LogP contribution in [0, 0.1) is 0 Å². The van der Waals surface area contributed by atoms with E-state index in [2.05, 4.69) is 16.5 Å². The van der Waals surface area contributed by atoms with Gasteiger partial charge in [0.1, 0.15) is 18.2 Å². The lowest BCUT2D eigenvalue weighted by atomic mass is 10.2. The number of aromatic nitrogens is 2. The Hall–Kier alpha value is -2.55. The van der Waals surface area contributed by atoms with E-state index in [1.54, 1.807) is 0 Å². The molecule has 100 valence electrons.